The van der Waals surface area contributed by atoms with Gasteiger partial charge in [-0.25, -0.2) is 9.97 Å². The molecular formula is C26H37N3O. The molecule has 30 heavy (non-hydrogen) atoms. The van der Waals surface area contributed by atoms with Crippen LogP contribution in [0.4, 0.5) is 0 Å². The zero-order chi connectivity index (χ0) is 21.7. The summed E-state index contributed by atoms with van der Waals surface area (Å²) in [6, 6.07) is 4.24. The fourth-order valence-corrected chi connectivity index (χ4v) is 4.72. The number of hydrogen-bond donors (Lipinski definition) is 0. The first-order valence-electron chi connectivity index (χ1n) is 11.7. The number of carbonyl (C=O) groups excluding carboxylic acids is 1. The Morgan fingerprint density at radius 3 is 2.37 bits per heavy atom. The highest BCUT2D eigenvalue weighted by atomic mass is 16.1. The fraction of sp³-hybridized carbons (Fsp3) is 0.654. The number of Topliss-reactive ketones (excluding diaryl/α,β-unsaturated/α-hetero) is 1. The van der Waals surface area contributed by atoms with Crippen LogP contribution >= 0.6 is 0 Å². The molecule has 2 fully saturated rings. The van der Waals surface area contributed by atoms with Crippen molar-refractivity contribution in [1.29, 1.82) is 0 Å². The number of nitrogens with zero attached hydrogens (tertiary/aromatic N) is 3. The van der Waals surface area contributed by atoms with Crippen molar-refractivity contribution in [3.05, 3.63) is 34.9 Å². The summed E-state index contributed by atoms with van der Waals surface area (Å²) in [4.78, 5) is 22.4. The Labute approximate surface area is 181 Å². The van der Waals surface area contributed by atoms with Crippen LogP contribution in [0.15, 0.2) is 12.1 Å². The Balaban J connectivity index is 1.84. The molecule has 2 aliphatic rings. The van der Waals surface area contributed by atoms with E-state index in [1.165, 1.54) is 32.1 Å². The van der Waals surface area contributed by atoms with E-state index in [0.717, 1.165) is 53.5 Å². The van der Waals surface area contributed by atoms with E-state index in [4.69, 9.17) is 9.97 Å². The summed E-state index contributed by atoms with van der Waals surface area (Å²) in [6.07, 6.45) is 8.88. The molecule has 0 aromatic carbocycles. The lowest BCUT2D eigenvalue weighted by Crippen LogP contribution is -2.20. The zero-order valence-electron chi connectivity index (χ0n) is 19.6. The molecule has 0 spiro atoms. The number of hydrogen-bond acceptors (Lipinski definition) is 3. The van der Waals surface area contributed by atoms with Crippen LogP contribution in [-0.2, 0) is 17.4 Å². The van der Waals surface area contributed by atoms with Crippen LogP contribution in [0.1, 0.15) is 107 Å². The third-order valence-corrected chi connectivity index (χ3v) is 7.21. The summed E-state index contributed by atoms with van der Waals surface area (Å²) in [5, 5.41) is 0. The molecule has 0 N–H and O–H groups in total. The summed E-state index contributed by atoms with van der Waals surface area (Å²) in [7, 11) is 0. The average molecular weight is 408 g/mol. The summed E-state index contributed by atoms with van der Waals surface area (Å²) in [5.41, 5.74) is 5.12. The van der Waals surface area contributed by atoms with Crippen molar-refractivity contribution in [1.82, 2.24) is 14.5 Å². The lowest BCUT2D eigenvalue weighted by molar-refractivity contribution is 0.101. The third-order valence-electron chi connectivity index (χ3n) is 7.21. The van der Waals surface area contributed by atoms with Gasteiger partial charge in [-0.2, -0.15) is 0 Å². The van der Waals surface area contributed by atoms with Gasteiger partial charge < -0.3 is 4.57 Å². The second-order valence-corrected chi connectivity index (χ2v) is 11.0. The molecule has 0 bridgehead atoms. The van der Waals surface area contributed by atoms with Crippen LogP contribution in [0.3, 0.4) is 0 Å². The normalized spacial score (nSPS) is 19.1. The van der Waals surface area contributed by atoms with E-state index in [0.29, 0.717) is 5.92 Å². The highest BCUT2D eigenvalue weighted by Crippen LogP contribution is 2.47. The molecule has 2 saturated carbocycles. The van der Waals surface area contributed by atoms with E-state index in [1.807, 2.05) is 0 Å². The molecule has 4 heteroatoms. The van der Waals surface area contributed by atoms with E-state index in [1.54, 1.807) is 6.92 Å². The van der Waals surface area contributed by atoms with Crippen molar-refractivity contribution >= 4 is 5.78 Å². The summed E-state index contributed by atoms with van der Waals surface area (Å²) in [5.74, 6) is 1.79. The molecule has 2 aromatic heterocycles. The molecule has 4 nitrogen and oxygen atoms in total. The first kappa shape index (κ1) is 21.3. The third kappa shape index (κ3) is 4.10. The Kier molecular flexibility index (Phi) is 5.40. The number of rotatable bonds is 5. The first-order chi connectivity index (χ1) is 14.1. The molecule has 0 unspecified atom stereocenters. The minimum atomic E-state index is -0.0447. The fourth-order valence-electron chi connectivity index (χ4n) is 4.72. The Hall–Kier alpha value is -1.97. The van der Waals surface area contributed by atoms with Crippen LogP contribution in [0.25, 0.3) is 11.4 Å². The molecule has 0 amide bonds. The Morgan fingerprint density at radius 2 is 1.80 bits per heavy atom. The molecule has 2 heterocycles. The van der Waals surface area contributed by atoms with E-state index < -0.39 is 0 Å². The summed E-state index contributed by atoms with van der Waals surface area (Å²) >= 11 is 0. The van der Waals surface area contributed by atoms with Crippen LogP contribution in [0.5, 0.6) is 0 Å². The van der Waals surface area contributed by atoms with Crippen molar-refractivity contribution in [2.24, 2.45) is 5.92 Å². The monoisotopic (exact) mass is 407 g/mol. The maximum absolute atomic E-state index is 12.4. The lowest BCUT2D eigenvalue weighted by atomic mass is 9.89. The molecule has 162 valence electrons. The Bertz CT molecular complexity index is 930. The summed E-state index contributed by atoms with van der Waals surface area (Å²) < 4.78 is 2.38. The van der Waals surface area contributed by atoms with Crippen LogP contribution in [0, 0.1) is 12.8 Å². The topological polar surface area (TPSA) is 47.8 Å². The quantitative estimate of drug-likeness (QED) is 0.540. The highest BCUT2D eigenvalue weighted by molar-refractivity contribution is 5.96. The molecule has 4 rings (SSSR count). The molecule has 0 radical (unpaired) electrons. The van der Waals surface area contributed by atoms with Crippen molar-refractivity contribution in [3.63, 3.8) is 0 Å². The van der Waals surface area contributed by atoms with Crippen molar-refractivity contribution < 1.29 is 4.79 Å². The van der Waals surface area contributed by atoms with Gasteiger partial charge in [-0.05, 0) is 57.6 Å². The smallest absolute Gasteiger partial charge is 0.161 e. The van der Waals surface area contributed by atoms with Gasteiger partial charge in [0.25, 0.3) is 0 Å². The molecule has 0 atom stereocenters. The van der Waals surface area contributed by atoms with Gasteiger partial charge in [0.1, 0.15) is 5.82 Å². The first-order valence-corrected chi connectivity index (χ1v) is 11.7. The molecule has 2 aliphatic carbocycles. The van der Waals surface area contributed by atoms with Crippen molar-refractivity contribution in [2.45, 2.75) is 104 Å². The predicted molar refractivity (Wildman–Crippen MR) is 122 cm³/mol. The molecule has 0 aliphatic heterocycles. The van der Waals surface area contributed by atoms with Gasteiger partial charge in [-0.1, -0.05) is 47.0 Å². The predicted octanol–water partition coefficient (Wildman–Crippen LogP) is 6.39. The second-order valence-electron chi connectivity index (χ2n) is 11.0. The largest absolute Gasteiger partial charge is 0.343 e. The van der Waals surface area contributed by atoms with E-state index >= 15 is 0 Å². The van der Waals surface area contributed by atoms with Crippen LogP contribution in [0.2, 0.25) is 0 Å². The van der Waals surface area contributed by atoms with E-state index in [9.17, 15) is 4.79 Å². The zero-order valence-corrected chi connectivity index (χ0v) is 19.6. The lowest BCUT2D eigenvalue weighted by Gasteiger charge is -2.25. The van der Waals surface area contributed by atoms with Gasteiger partial charge in [0.05, 0.1) is 17.1 Å². The van der Waals surface area contributed by atoms with Crippen LogP contribution < -0.4 is 0 Å². The van der Waals surface area contributed by atoms with Crippen molar-refractivity contribution in [3.8, 4) is 11.4 Å². The van der Waals surface area contributed by atoms with Gasteiger partial charge in [0.15, 0.2) is 5.78 Å². The SMILES string of the molecule is CC(=O)c1cc(-c2cc(C(C)(C)C)nc(C3(C)CC3)n2)n(CC2CCCCC2)c1C. The number of ketones is 1. The van der Waals surface area contributed by atoms with Gasteiger partial charge >= 0.3 is 0 Å². The summed E-state index contributed by atoms with van der Waals surface area (Å²) in [6.45, 7) is 13.7. The van der Waals surface area contributed by atoms with Gasteiger partial charge in [-0.15, -0.1) is 0 Å². The highest BCUT2D eigenvalue weighted by Gasteiger charge is 2.43. The van der Waals surface area contributed by atoms with Crippen molar-refractivity contribution in [2.75, 3.05) is 0 Å². The minimum absolute atomic E-state index is 0.0447. The van der Waals surface area contributed by atoms with Gasteiger partial charge in [-0.3, -0.25) is 4.79 Å². The van der Waals surface area contributed by atoms with Gasteiger partial charge in [0, 0.05) is 28.6 Å². The maximum atomic E-state index is 12.4. The van der Waals surface area contributed by atoms with E-state index in [-0.39, 0.29) is 16.6 Å². The number of aromatic nitrogens is 3. The minimum Gasteiger partial charge on any atom is -0.343 e. The number of carbonyl (C=O) groups is 1. The van der Waals surface area contributed by atoms with Gasteiger partial charge in [0.2, 0.25) is 0 Å². The molecule has 2 aromatic rings. The molecular weight excluding hydrogens is 370 g/mol. The maximum Gasteiger partial charge on any atom is 0.161 e. The Morgan fingerprint density at radius 1 is 1.13 bits per heavy atom. The van der Waals surface area contributed by atoms with E-state index in [2.05, 4.69) is 51.3 Å². The molecule has 0 saturated heterocycles. The second kappa shape index (κ2) is 7.62. The standard InChI is InChI=1S/C26H37N3O/c1-17-20(18(2)30)14-22(29(17)16-19-10-8-7-9-11-19)21-15-23(25(3,4)5)28-24(27-21)26(6)12-13-26/h14-15,19H,7-13,16H2,1-6H3. The average Bonchev–Trinajstić information content (AvgIpc) is 3.37. The van der Waals surface area contributed by atoms with Crippen LogP contribution in [-0.4, -0.2) is 20.3 Å².